The number of hydrogen-bond donors (Lipinski definition) is 1. The molecule has 0 fully saturated rings. The summed E-state index contributed by atoms with van der Waals surface area (Å²) in [5.41, 5.74) is 3.19. The average Bonchev–Trinajstić information content (AvgIpc) is 3.41. The van der Waals surface area contributed by atoms with Crippen LogP contribution in [0.2, 0.25) is 0 Å². The highest BCUT2D eigenvalue weighted by atomic mass is 79.9. The summed E-state index contributed by atoms with van der Waals surface area (Å²) in [6.07, 6.45) is 2.22. The number of fused-ring (bicyclic) bond motifs is 1. The first kappa shape index (κ1) is 22.2. The van der Waals surface area contributed by atoms with Gasteiger partial charge in [-0.05, 0) is 60.5 Å². The van der Waals surface area contributed by atoms with Crippen molar-refractivity contribution in [2.45, 2.75) is 45.9 Å². The summed E-state index contributed by atoms with van der Waals surface area (Å²) in [4.78, 5) is 11.6. The normalized spacial score (nSPS) is 13.4. The summed E-state index contributed by atoms with van der Waals surface area (Å²) in [7, 11) is 0. The van der Waals surface area contributed by atoms with Gasteiger partial charge in [-0.2, -0.15) is 10.2 Å². The van der Waals surface area contributed by atoms with E-state index in [1.165, 1.54) is 0 Å². The van der Waals surface area contributed by atoms with Crippen molar-refractivity contribution in [3.63, 3.8) is 0 Å². The van der Waals surface area contributed by atoms with Crippen LogP contribution in [0.1, 0.15) is 32.9 Å². The van der Waals surface area contributed by atoms with Crippen LogP contribution in [0.15, 0.2) is 59.2 Å². The van der Waals surface area contributed by atoms with Crippen LogP contribution in [0.3, 0.4) is 0 Å². The van der Waals surface area contributed by atoms with Crippen LogP contribution >= 0.6 is 15.9 Å². The third-order valence-electron chi connectivity index (χ3n) is 5.75. The molecule has 1 atom stereocenters. The molecule has 2 heterocycles. The van der Waals surface area contributed by atoms with Crippen molar-refractivity contribution in [3.8, 4) is 16.9 Å². The quantitative estimate of drug-likeness (QED) is 0.351. The molecule has 166 valence electrons. The number of para-hydroxylation sites is 1. The fourth-order valence-electron chi connectivity index (χ4n) is 3.54. The Labute approximate surface area is 194 Å². The molecule has 0 spiro atoms. The van der Waals surface area contributed by atoms with E-state index in [-0.39, 0.29) is 6.61 Å². The van der Waals surface area contributed by atoms with Crippen molar-refractivity contribution < 1.29 is 14.6 Å². The maximum atomic E-state index is 11.6. The van der Waals surface area contributed by atoms with E-state index in [9.17, 15) is 9.90 Å². The van der Waals surface area contributed by atoms with Crippen LogP contribution < -0.4 is 0 Å². The Bertz CT molecular complexity index is 1280. The molecule has 0 saturated carbocycles. The lowest BCUT2D eigenvalue weighted by Crippen LogP contribution is -2.37. The molecule has 0 aliphatic rings. The number of carboxylic acid groups (broad SMARTS) is 1. The maximum absolute atomic E-state index is 11.6. The first-order chi connectivity index (χ1) is 15.4. The van der Waals surface area contributed by atoms with E-state index in [0.717, 1.165) is 38.9 Å². The summed E-state index contributed by atoms with van der Waals surface area (Å²) in [6.45, 7) is 6.32. The Morgan fingerprint density at radius 3 is 2.66 bits per heavy atom. The number of hydrogen-bond acceptors (Lipinski definition) is 4. The molecule has 32 heavy (non-hydrogen) atoms. The highest BCUT2D eigenvalue weighted by molar-refractivity contribution is 9.10. The Morgan fingerprint density at radius 1 is 1.19 bits per heavy atom. The second-order valence-electron chi connectivity index (χ2n) is 7.80. The summed E-state index contributed by atoms with van der Waals surface area (Å²) >= 11 is 3.62. The van der Waals surface area contributed by atoms with Gasteiger partial charge in [0, 0.05) is 22.0 Å². The number of rotatable bonds is 8. The largest absolute Gasteiger partial charge is 0.479 e. The third kappa shape index (κ3) is 4.08. The minimum absolute atomic E-state index is 0.0935. The summed E-state index contributed by atoms with van der Waals surface area (Å²) in [5.74, 6) is -0.983. The molecular formula is C24H25BrN4O3. The molecule has 2 aromatic heterocycles. The molecule has 0 radical (unpaired) electrons. The second kappa shape index (κ2) is 8.88. The number of aryl methyl sites for hydroxylation is 1. The minimum Gasteiger partial charge on any atom is -0.479 e. The zero-order valence-electron chi connectivity index (χ0n) is 18.2. The van der Waals surface area contributed by atoms with Crippen LogP contribution in [-0.4, -0.2) is 36.2 Å². The van der Waals surface area contributed by atoms with E-state index in [1.54, 1.807) is 13.8 Å². The van der Waals surface area contributed by atoms with E-state index in [0.29, 0.717) is 12.1 Å². The van der Waals surface area contributed by atoms with E-state index in [4.69, 9.17) is 9.84 Å². The molecule has 4 rings (SSSR count). The minimum atomic E-state index is -1.26. The van der Waals surface area contributed by atoms with E-state index in [2.05, 4.69) is 40.1 Å². The number of ether oxygens (including phenoxy) is 1. The zero-order chi connectivity index (χ0) is 22.9. The number of carbonyl (C=O) groups is 1. The van der Waals surface area contributed by atoms with Gasteiger partial charge >= 0.3 is 5.97 Å². The van der Waals surface area contributed by atoms with Crippen molar-refractivity contribution in [2.75, 3.05) is 0 Å². The fourth-order valence-corrected chi connectivity index (χ4v) is 4.00. The molecule has 2 aromatic carbocycles. The van der Waals surface area contributed by atoms with Gasteiger partial charge in [0.05, 0.1) is 35.4 Å². The first-order valence-corrected chi connectivity index (χ1v) is 11.3. The van der Waals surface area contributed by atoms with Gasteiger partial charge in [0.25, 0.3) is 0 Å². The van der Waals surface area contributed by atoms with Crippen LogP contribution in [-0.2, 0) is 22.7 Å². The summed E-state index contributed by atoms with van der Waals surface area (Å²) in [5, 5.41) is 19.8. The number of aromatic nitrogens is 4. The van der Waals surface area contributed by atoms with Gasteiger partial charge in [-0.3, -0.25) is 4.68 Å². The molecule has 0 amide bonds. The van der Waals surface area contributed by atoms with Gasteiger partial charge in [0.1, 0.15) is 0 Å². The summed E-state index contributed by atoms with van der Waals surface area (Å²) < 4.78 is 10.5. The number of carboxylic acids is 1. The maximum Gasteiger partial charge on any atom is 0.335 e. The lowest BCUT2D eigenvalue weighted by atomic mass is 10.0. The molecule has 4 aromatic rings. The van der Waals surface area contributed by atoms with Crippen molar-refractivity contribution in [3.05, 3.63) is 64.9 Å². The van der Waals surface area contributed by atoms with Crippen molar-refractivity contribution in [1.29, 1.82) is 0 Å². The van der Waals surface area contributed by atoms with Crippen molar-refractivity contribution >= 4 is 32.8 Å². The standard InChI is InChI=1S/C24H25BrN4O3/c1-4-24(3,23(30)31)32-15-18-13-22(29(27-18)20-9-7-6-8-19(20)25)16-10-11-17-14-26-28(5-2)21(17)12-16/h6-14H,4-5,15H2,1-3H3,(H,30,31)/t24-/m1/s1. The fraction of sp³-hybridized carbons (Fsp3) is 0.292. The van der Waals surface area contributed by atoms with Crippen LogP contribution in [0.4, 0.5) is 0 Å². The highest BCUT2D eigenvalue weighted by Crippen LogP contribution is 2.31. The molecule has 8 heteroatoms. The van der Waals surface area contributed by atoms with E-state index in [1.807, 2.05) is 52.0 Å². The predicted molar refractivity (Wildman–Crippen MR) is 127 cm³/mol. The number of benzene rings is 2. The zero-order valence-corrected chi connectivity index (χ0v) is 19.8. The van der Waals surface area contributed by atoms with Crippen molar-refractivity contribution in [1.82, 2.24) is 19.6 Å². The number of nitrogens with zero attached hydrogens (tertiary/aromatic N) is 4. The van der Waals surface area contributed by atoms with Gasteiger partial charge in [-0.25, -0.2) is 9.48 Å². The predicted octanol–water partition coefficient (Wildman–Crippen LogP) is 5.44. The molecule has 0 aliphatic heterocycles. The van der Waals surface area contributed by atoms with E-state index >= 15 is 0 Å². The van der Waals surface area contributed by atoms with Gasteiger partial charge in [0.15, 0.2) is 5.60 Å². The molecule has 0 unspecified atom stereocenters. The molecule has 0 bridgehead atoms. The molecular weight excluding hydrogens is 472 g/mol. The molecule has 0 aliphatic carbocycles. The van der Waals surface area contributed by atoms with Gasteiger partial charge in [-0.15, -0.1) is 0 Å². The smallest absolute Gasteiger partial charge is 0.335 e. The number of halogens is 1. The molecule has 7 nitrogen and oxygen atoms in total. The highest BCUT2D eigenvalue weighted by Gasteiger charge is 2.32. The van der Waals surface area contributed by atoms with E-state index < -0.39 is 11.6 Å². The van der Waals surface area contributed by atoms with Crippen molar-refractivity contribution in [2.24, 2.45) is 0 Å². The lowest BCUT2D eigenvalue weighted by Gasteiger charge is -2.22. The second-order valence-corrected chi connectivity index (χ2v) is 8.65. The van der Waals surface area contributed by atoms with Gasteiger partial charge in [-0.1, -0.05) is 31.2 Å². The number of aliphatic carboxylic acids is 1. The van der Waals surface area contributed by atoms with Crippen LogP contribution in [0.5, 0.6) is 0 Å². The Kier molecular flexibility index (Phi) is 6.17. The average molecular weight is 497 g/mol. The molecule has 1 N–H and O–H groups in total. The first-order valence-electron chi connectivity index (χ1n) is 10.5. The third-order valence-corrected chi connectivity index (χ3v) is 6.42. The monoisotopic (exact) mass is 496 g/mol. The van der Waals surface area contributed by atoms with Crippen LogP contribution in [0, 0.1) is 0 Å². The van der Waals surface area contributed by atoms with Gasteiger partial charge < -0.3 is 9.84 Å². The Balaban J connectivity index is 1.80. The Morgan fingerprint density at radius 2 is 1.97 bits per heavy atom. The Hall–Kier alpha value is -2.97. The topological polar surface area (TPSA) is 82.2 Å². The SMILES string of the molecule is CCn1ncc2ccc(-c3cc(CO[C@](C)(CC)C(=O)O)nn3-c3ccccc3Br)cc21. The van der Waals surface area contributed by atoms with Gasteiger partial charge in [0.2, 0.25) is 0 Å². The van der Waals surface area contributed by atoms with Crippen LogP contribution in [0.25, 0.3) is 27.8 Å². The lowest BCUT2D eigenvalue weighted by molar-refractivity contribution is -0.165. The molecule has 0 saturated heterocycles. The summed E-state index contributed by atoms with van der Waals surface area (Å²) in [6, 6.07) is 16.0.